The summed E-state index contributed by atoms with van der Waals surface area (Å²) >= 11 is 1.87. The first-order valence-electron chi connectivity index (χ1n) is 6.30. The molecule has 0 aromatic heterocycles. The number of hydrogen-bond donors (Lipinski definition) is 0. The number of allylic oxidation sites excluding steroid dienone is 1. The molecule has 0 radical (unpaired) electrons. The minimum absolute atomic E-state index is 0.394. The number of methoxy groups -OCH3 is 1. The third-order valence-corrected chi connectivity index (χ3v) is 4.18. The minimum atomic E-state index is 0.394. The minimum Gasteiger partial charge on any atom is -0.497 e. The van der Waals surface area contributed by atoms with Gasteiger partial charge in [0.15, 0.2) is 0 Å². The van der Waals surface area contributed by atoms with Gasteiger partial charge >= 0.3 is 0 Å². The van der Waals surface area contributed by atoms with Crippen LogP contribution < -0.4 is 4.74 Å². The summed E-state index contributed by atoms with van der Waals surface area (Å²) < 4.78 is 5.20. The van der Waals surface area contributed by atoms with E-state index in [-0.39, 0.29) is 0 Å². The summed E-state index contributed by atoms with van der Waals surface area (Å²) in [5, 5.41) is 0.394. The van der Waals surface area contributed by atoms with Gasteiger partial charge in [0.25, 0.3) is 0 Å². The SMILES string of the molecule is C=CCC(Sc1ccccc1)c1ccc(OC)cc1. The summed E-state index contributed by atoms with van der Waals surface area (Å²) in [6.07, 6.45) is 2.93. The summed E-state index contributed by atoms with van der Waals surface area (Å²) in [5.74, 6) is 0.894. The van der Waals surface area contributed by atoms with E-state index in [1.54, 1.807) is 7.11 Å². The Bertz CT molecular complexity index is 505. The van der Waals surface area contributed by atoms with Gasteiger partial charge in [0.05, 0.1) is 7.11 Å². The molecule has 0 saturated carbocycles. The lowest BCUT2D eigenvalue weighted by Crippen LogP contribution is -1.93. The average Bonchev–Trinajstić information content (AvgIpc) is 2.48. The van der Waals surface area contributed by atoms with Gasteiger partial charge in [0.1, 0.15) is 5.75 Å². The van der Waals surface area contributed by atoms with Gasteiger partial charge in [-0.2, -0.15) is 0 Å². The lowest BCUT2D eigenvalue weighted by Gasteiger charge is -2.15. The molecule has 0 heterocycles. The highest BCUT2D eigenvalue weighted by Crippen LogP contribution is 2.38. The third kappa shape index (κ3) is 3.90. The maximum absolute atomic E-state index is 5.20. The Labute approximate surface area is 119 Å². The smallest absolute Gasteiger partial charge is 0.118 e. The monoisotopic (exact) mass is 270 g/mol. The molecule has 2 rings (SSSR count). The second-order valence-corrected chi connectivity index (χ2v) is 5.49. The topological polar surface area (TPSA) is 9.23 Å². The standard InChI is InChI=1S/C17H18OS/c1-3-7-17(19-16-8-5-4-6-9-16)14-10-12-15(18-2)13-11-14/h3-6,8-13,17H,1,7H2,2H3. The van der Waals surface area contributed by atoms with Crippen molar-refractivity contribution in [2.24, 2.45) is 0 Å². The van der Waals surface area contributed by atoms with Gasteiger partial charge in [-0.15, -0.1) is 18.3 Å². The lowest BCUT2D eigenvalue weighted by atomic mass is 10.1. The van der Waals surface area contributed by atoms with E-state index in [9.17, 15) is 0 Å². The summed E-state index contributed by atoms with van der Waals surface area (Å²) in [6.45, 7) is 3.86. The summed E-state index contributed by atoms with van der Waals surface area (Å²) in [7, 11) is 1.69. The first-order chi connectivity index (χ1) is 9.33. The molecule has 2 aromatic carbocycles. The lowest BCUT2D eigenvalue weighted by molar-refractivity contribution is 0.414. The van der Waals surface area contributed by atoms with E-state index in [2.05, 4.69) is 43.0 Å². The van der Waals surface area contributed by atoms with Crippen LogP contribution in [-0.2, 0) is 0 Å². The molecular weight excluding hydrogens is 252 g/mol. The van der Waals surface area contributed by atoms with Crippen molar-refractivity contribution in [2.45, 2.75) is 16.6 Å². The van der Waals surface area contributed by atoms with E-state index in [1.165, 1.54) is 10.5 Å². The molecule has 1 unspecified atom stereocenters. The van der Waals surface area contributed by atoms with Gasteiger partial charge in [0, 0.05) is 10.1 Å². The zero-order valence-electron chi connectivity index (χ0n) is 11.1. The van der Waals surface area contributed by atoms with Crippen LogP contribution in [0.15, 0.2) is 72.1 Å². The van der Waals surface area contributed by atoms with E-state index >= 15 is 0 Å². The van der Waals surface area contributed by atoms with E-state index < -0.39 is 0 Å². The zero-order valence-corrected chi connectivity index (χ0v) is 11.9. The van der Waals surface area contributed by atoms with E-state index in [0.29, 0.717) is 5.25 Å². The molecule has 0 aliphatic rings. The number of thioether (sulfide) groups is 1. The van der Waals surface area contributed by atoms with Gasteiger partial charge in [-0.05, 0) is 36.2 Å². The molecular formula is C17H18OS. The van der Waals surface area contributed by atoms with Crippen molar-refractivity contribution in [1.82, 2.24) is 0 Å². The predicted octanol–water partition coefficient (Wildman–Crippen LogP) is 5.10. The summed E-state index contributed by atoms with van der Waals surface area (Å²) in [5.41, 5.74) is 1.30. The molecule has 0 aliphatic heterocycles. The Kier molecular flexibility index (Phi) is 5.10. The molecule has 0 amide bonds. The first-order valence-corrected chi connectivity index (χ1v) is 7.18. The Balaban J connectivity index is 2.16. The molecule has 2 aromatic rings. The Morgan fingerprint density at radius 1 is 1.11 bits per heavy atom. The normalized spacial score (nSPS) is 11.8. The van der Waals surface area contributed by atoms with Crippen molar-refractivity contribution in [2.75, 3.05) is 7.11 Å². The highest BCUT2D eigenvalue weighted by Gasteiger charge is 2.11. The molecule has 0 fully saturated rings. The molecule has 0 N–H and O–H groups in total. The quantitative estimate of drug-likeness (QED) is 0.533. The van der Waals surface area contributed by atoms with Gasteiger partial charge < -0.3 is 4.74 Å². The van der Waals surface area contributed by atoms with Crippen LogP contribution in [-0.4, -0.2) is 7.11 Å². The van der Waals surface area contributed by atoms with Crippen molar-refractivity contribution >= 4 is 11.8 Å². The number of rotatable bonds is 6. The van der Waals surface area contributed by atoms with Crippen LogP contribution in [0.5, 0.6) is 5.75 Å². The molecule has 19 heavy (non-hydrogen) atoms. The Morgan fingerprint density at radius 2 is 1.79 bits per heavy atom. The van der Waals surface area contributed by atoms with Crippen LogP contribution in [0.1, 0.15) is 17.2 Å². The van der Waals surface area contributed by atoms with Crippen LogP contribution in [0.4, 0.5) is 0 Å². The van der Waals surface area contributed by atoms with Crippen LogP contribution in [0, 0.1) is 0 Å². The van der Waals surface area contributed by atoms with Gasteiger partial charge in [-0.3, -0.25) is 0 Å². The van der Waals surface area contributed by atoms with Crippen LogP contribution in [0.25, 0.3) is 0 Å². The highest BCUT2D eigenvalue weighted by molar-refractivity contribution is 7.99. The van der Waals surface area contributed by atoms with Crippen molar-refractivity contribution in [3.05, 3.63) is 72.8 Å². The van der Waals surface area contributed by atoms with Crippen LogP contribution in [0.3, 0.4) is 0 Å². The van der Waals surface area contributed by atoms with Gasteiger partial charge in [0.2, 0.25) is 0 Å². The highest BCUT2D eigenvalue weighted by atomic mass is 32.2. The van der Waals surface area contributed by atoms with Crippen molar-refractivity contribution in [3.63, 3.8) is 0 Å². The van der Waals surface area contributed by atoms with E-state index in [1.807, 2.05) is 36.0 Å². The molecule has 0 bridgehead atoms. The van der Waals surface area contributed by atoms with Crippen molar-refractivity contribution in [1.29, 1.82) is 0 Å². The largest absolute Gasteiger partial charge is 0.497 e. The molecule has 0 aliphatic carbocycles. The van der Waals surface area contributed by atoms with Crippen LogP contribution >= 0.6 is 11.8 Å². The van der Waals surface area contributed by atoms with E-state index in [0.717, 1.165) is 12.2 Å². The molecule has 0 saturated heterocycles. The average molecular weight is 270 g/mol. The maximum atomic E-state index is 5.20. The second kappa shape index (κ2) is 7.05. The summed E-state index contributed by atoms with van der Waals surface area (Å²) in [4.78, 5) is 1.28. The summed E-state index contributed by atoms with van der Waals surface area (Å²) in [6, 6.07) is 18.7. The molecule has 1 nitrogen and oxygen atoms in total. The second-order valence-electron chi connectivity index (χ2n) is 4.22. The van der Waals surface area contributed by atoms with Crippen LogP contribution in [0.2, 0.25) is 0 Å². The first kappa shape index (κ1) is 13.8. The van der Waals surface area contributed by atoms with Crippen molar-refractivity contribution in [3.8, 4) is 5.75 Å². The van der Waals surface area contributed by atoms with Gasteiger partial charge in [-0.1, -0.05) is 36.4 Å². The molecule has 2 heteroatoms. The molecule has 98 valence electrons. The zero-order chi connectivity index (χ0) is 13.5. The fourth-order valence-electron chi connectivity index (χ4n) is 1.89. The van der Waals surface area contributed by atoms with Crippen molar-refractivity contribution < 1.29 is 4.74 Å². The van der Waals surface area contributed by atoms with E-state index in [4.69, 9.17) is 4.74 Å². The van der Waals surface area contributed by atoms with Gasteiger partial charge in [-0.25, -0.2) is 0 Å². The number of benzene rings is 2. The molecule has 0 spiro atoms. The Morgan fingerprint density at radius 3 is 2.37 bits per heavy atom. The number of hydrogen-bond acceptors (Lipinski definition) is 2. The maximum Gasteiger partial charge on any atom is 0.118 e. The predicted molar refractivity (Wildman–Crippen MR) is 82.8 cm³/mol. The number of ether oxygens (including phenoxy) is 1. The molecule has 1 atom stereocenters. The Hall–Kier alpha value is -1.67. The third-order valence-electron chi connectivity index (χ3n) is 2.89. The fraction of sp³-hybridized carbons (Fsp3) is 0.176. The fourth-order valence-corrected chi connectivity index (χ4v) is 3.05.